The number of nitrogens with one attached hydrogen (secondary N) is 1. The molecule has 1 unspecified atom stereocenters. The van der Waals surface area contributed by atoms with Gasteiger partial charge in [0.1, 0.15) is 6.61 Å². The minimum Gasteiger partial charge on any atom is -0.485 e. The molecule has 0 radical (unpaired) electrons. The van der Waals surface area contributed by atoms with Gasteiger partial charge in [0.15, 0.2) is 23.4 Å². The summed E-state index contributed by atoms with van der Waals surface area (Å²) >= 11 is 0. The Kier molecular flexibility index (Phi) is 4.01. The molecule has 0 bridgehead atoms. The van der Waals surface area contributed by atoms with Crippen LogP contribution in [0.2, 0.25) is 0 Å². The van der Waals surface area contributed by atoms with Crippen molar-refractivity contribution >= 4 is 0 Å². The van der Waals surface area contributed by atoms with Crippen LogP contribution in [0.25, 0.3) is 0 Å². The van der Waals surface area contributed by atoms with Crippen LogP contribution in [0.15, 0.2) is 36.5 Å². The molecule has 0 saturated carbocycles. The first kappa shape index (κ1) is 13.8. The number of fused-ring (bicyclic) bond motifs is 1. The molecule has 2 aromatic rings. The van der Waals surface area contributed by atoms with Gasteiger partial charge < -0.3 is 14.8 Å². The summed E-state index contributed by atoms with van der Waals surface area (Å²) in [5, 5.41) is 3.35. The van der Waals surface area contributed by atoms with E-state index in [1.54, 1.807) is 6.20 Å². The van der Waals surface area contributed by atoms with Gasteiger partial charge in [-0.15, -0.1) is 0 Å². The van der Waals surface area contributed by atoms with Crippen molar-refractivity contribution in [3.05, 3.63) is 48.0 Å². The van der Waals surface area contributed by atoms with Crippen molar-refractivity contribution in [3.63, 3.8) is 0 Å². The van der Waals surface area contributed by atoms with E-state index in [2.05, 4.69) is 29.1 Å². The molecule has 1 aliphatic heterocycles. The summed E-state index contributed by atoms with van der Waals surface area (Å²) in [5.74, 6) is 2.17. The number of benzene rings is 1. The molecular formula is C16H19N3O2. The van der Waals surface area contributed by atoms with E-state index < -0.39 is 0 Å². The van der Waals surface area contributed by atoms with Gasteiger partial charge in [0.05, 0.1) is 5.69 Å². The van der Waals surface area contributed by atoms with Crippen LogP contribution in [0.5, 0.6) is 11.5 Å². The highest BCUT2D eigenvalue weighted by Gasteiger charge is 2.24. The van der Waals surface area contributed by atoms with Crippen molar-refractivity contribution in [2.75, 3.05) is 6.61 Å². The van der Waals surface area contributed by atoms with Crippen molar-refractivity contribution in [1.29, 1.82) is 0 Å². The van der Waals surface area contributed by atoms with Gasteiger partial charge in [-0.2, -0.15) is 0 Å². The highest BCUT2D eigenvalue weighted by molar-refractivity contribution is 5.41. The third kappa shape index (κ3) is 3.31. The third-order valence-corrected chi connectivity index (χ3v) is 3.22. The molecule has 1 aromatic carbocycles. The second kappa shape index (κ2) is 6.10. The van der Waals surface area contributed by atoms with E-state index >= 15 is 0 Å². The zero-order chi connectivity index (χ0) is 14.7. The van der Waals surface area contributed by atoms with Gasteiger partial charge in [0, 0.05) is 18.8 Å². The summed E-state index contributed by atoms with van der Waals surface area (Å²) in [6, 6.07) is 9.98. The van der Waals surface area contributed by atoms with Gasteiger partial charge in [-0.05, 0) is 18.2 Å². The Hall–Kier alpha value is -2.14. The molecule has 1 aliphatic rings. The molecule has 0 amide bonds. The van der Waals surface area contributed by atoms with Crippen molar-refractivity contribution in [2.45, 2.75) is 32.5 Å². The lowest BCUT2D eigenvalue weighted by molar-refractivity contribution is 0.0848. The van der Waals surface area contributed by atoms with Crippen molar-refractivity contribution in [3.8, 4) is 11.5 Å². The minimum atomic E-state index is -0.265. The molecule has 1 atom stereocenters. The second-order valence-corrected chi connectivity index (χ2v) is 5.31. The Balaban J connectivity index is 1.74. The smallest absolute Gasteiger partial charge is 0.192 e. The van der Waals surface area contributed by atoms with E-state index in [1.165, 1.54) is 0 Å². The van der Waals surface area contributed by atoms with Crippen LogP contribution >= 0.6 is 0 Å². The van der Waals surface area contributed by atoms with E-state index in [0.29, 0.717) is 18.5 Å². The minimum absolute atomic E-state index is 0.265. The normalized spacial score (nSPS) is 17.0. The quantitative estimate of drug-likeness (QED) is 0.935. The highest BCUT2D eigenvalue weighted by atomic mass is 16.6. The molecule has 1 aromatic heterocycles. The number of hydrogen-bond donors (Lipinski definition) is 1. The Morgan fingerprint density at radius 1 is 1.24 bits per heavy atom. The van der Waals surface area contributed by atoms with Gasteiger partial charge in [0.2, 0.25) is 0 Å². The predicted molar refractivity (Wildman–Crippen MR) is 79.3 cm³/mol. The Morgan fingerprint density at radius 2 is 2.05 bits per heavy atom. The third-order valence-electron chi connectivity index (χ3n) is 3.22. The summed E-state index contributed by atoms with van der Waals surface area (Å²) in [4.78, 5) is 8.88. The van der Waals surface area contributed by atoms with Crippen LogP contribution in [-0.2, 0) is 6.54 Å². The van der Waals surface area contributed by atoms with Crippen LogP contribution in [0.1, 0.15) is 31.5 Å². The van der Waals surface area contributed by atoms with E-state index in [-0.39, 0.29) is 6.10 Å². The van der Waals surface area contributed by atoms with Crippen molar-refractivity contribution < 1.29 is 9.47 Å². The van der Waals surface area contributed by atoms with Crippen LogP contribution < -0.4 is 14.8 Å². The Morgan fingerprint density at radius 3 is 2.86 bits per heavy atom. The molecule has 21 heavy (non-hydrogen) atoms. The maximum atomic E-state index is 5.93. The average molecular weight is 285 g/mol. The number of rotatable bonds is 4. The van der Waals surface area contributed by atoms with Gasteiger partial charge >= 0.3 is 0 Å². The number of hydrogen-bond acceptors (Lipinski definition) is 5. The summed E-state index contributed by atoms with van der Waals surface area (Å²) < 4.78 is 11.6. The second-order valence-electron chi connectivity index (χ2n) is 5.31. The number of para-hydroxylation sites is 2. The van der Waals surface area contributed by atoms with E-state index in [4.69, 9.17) is 9.47 Å². The van der Waals surface area contributed by atoms with Crippen molar-refractivity contribution in [1.82, 2.24) is 15.3 Å². The fourth-order valence-corrected chi connectivity index (χ4v) is 2.12. The lowest BCUT2D eigenvalue weighted by Gasteiger charge is -2.25. The predicted octanol–water partition coefficient (Wildman–Crippen LogP) is 2.49. The first-order valence-electron chi connectivity index (χ1n) is 7.16. The molecule has 0 fully saturated rings. The van der Waals surface area contributed by atoms with Crippen LogP contribution in [0, 0.1) is 0 Å². The topological polar surface area (TPSA) is 56.3 Å². The van der Waals surface area contributed by atoms with E-state index in [1.807, 2.05) is 30.3 Å². The summed E-state index contributed by atoms with van der Waals surface area (Å²) in [5.41, 5.74) is 0.955. The first-order valence-corrected chi connectivity index (χ1v) is 7.16. The van der Waals surface area contributed by atoms with Crippen LogP contribution in [0.4, 0.5) is 0 Å². The first-order chi connectivity index (χ1) is 10.2. The molecule has 0 saturated heterocycles. The van der Waals surface area contributed by atoms with Gasteiger partial charge in [-0.3, -0.25) is 0 Å². The lowest BCUT2D eigenvalue weighted by atomic mass is 10.2. The van der Waals surface area contributed by atoms with E-state index in [0.717, 1.165) is 23.7 Å². The Labute approximate surface area is 124 Å². The molecule has 5 nitrogen and oxygen atoms in total. The maximum Gasteiger partial charge on any atom is 0.192 e. The molecule has 0 spiro atoms. The standard InChI is InChI=1S/C16H19N3O2/c1-11(2)18-9-12-7-8-17-16(19-12)15-10-20-13-5-3-4-6-14(13)21-15/h3-8,11,15,18H,9-10H2,1-2H3. The maximum absolute atomic E-state index is 5.93. The van der Waals surface area contributed by atoms with Crippen molar-refractivity contribution in [2.24, 2.45) is 0 Å². The monoisotopic (exact) mass is 285 g/mol. The molecular weight excluding hydrogens is 266 g/mol. The summed E-state index contributed by atoms with van der Waals surface area (Å²) in [6.45, 7) is 5.36. The molecule has 0 aliphatic carbocycles. The fourth-order valence-electron chi connectivity index (χ4n) is 2.12. The van der Waals surface area contributed by atoms with Gasteiger partial charge in [0.25, 0.3) is 0 Å². The SMILES string of the molecule is CC(C)NCc1ccnc(C2COc3ccccc3O2)n1. The van der Waals surface area contributed by atoms with Gasteiger partial charge in [-0.1, -0.05) is 26.0 Å². The lowest BCUT2D eigenvalue weighted by Crippen LogP contribution is -2.25. The number of nitrogens with zero attached hydrogens (tertiary/aromatic N) is 2. The highest BCUT2D eigenvalue weighted by Crippen LogP contribution is 2.34. The largest absolute Gasteiger partial charge is 0.485 e. The summed E-state index contributed by atoms with van der Waals surface area (Å²) in [7, 11) is 0. The zero-order valence-electron chi connectivity index (χ0n) is 12.2. The molecule has 2 heterocycles. The number of aromatic nitrogens is 2. The zero-order valence-corrected chi connectivity index (χ0v) is 12.2. The number of ether oxygens (including phenoxy) is 2. The van der Waals surface area contributed by atoms with Crippen LogP contribution in [0.3, 0.4) is 0 Å². The molecule has 110 valence electrons. The molecule has 1 N–H and O–H groups in total. The van der Waals surface area contributed by atoms with E-state index in [9.17, 15) is 0 Å². The van der Waals surface area contributed by atoms with Crippen LogP contribution in [-0.4, -0.2) is 22.6 Å². The average Bonchev–Trinajstić information content (AvgIpc) is 2.53. The summed E-state index contributed by atoms with van der Waals surface area (Å²) in [6.07, 6.45) is 1.50. The molecule has 3 rings (SSSR count). The fraction of sp³-hybridized carbons (Fsp3) is 0.375. The van der Waals surface area contributed by atoms with Gasteiger partial charge in [-0.25, -0.2) is 9.97 Å². The Bertz CT molecular complexity index is 616. The molecule has 5 heteroatoms.